The molecule has 1 aliphatic carbocycles. The molecule has 1 aliphatic heterocycles. The van der Waals surface area contributed by atoms with E-state index in [9.17, 15) is 5.11 Å². The zero-order valence-electron chi connectivity index (χ0n) is 10.9. The average molecular weight is 254 g/mol. The molecular weight excluding hydrogens is 236 g/mol. The maximum Gasteiger partial charge on any atom is 0.0928 e. The van der Waals surface area contributed by atoms with Gasteiger partial charge in [-0.25, -0.2) is 0 Å². The molecular formula is C16H18N2O. The van der Waals surface area contributed by atoms with Crippen molar-refractivity contribution in [2.45, 2.75) is 25.0 Å². The second-order valence-corrected chi connectivity index (χ2v) is 6.02. The van der Waals surface area contributed by atoms with Gasteiger partial charge in [0.05, 0.1) is 16.8 Å². The molecule has 0 radical (unpaired) electrons. The summed E-state index contributed by atoms with van der Waals surface area (Å²) < 4.78 is 0. The Balaban J connectivity index is 1.47. The number of likely N-dealkylation sites (tertiary alicyclic amines) is 1. The highest BCUT2D eigenvalue weighted by Gasteiger charge is 2.51. The maximum atomic E-state index is 10.3. The van der Waals surface area contributed by atoms with Crippen molar-refractivity contribution in [3.63, 3.8) is 0 Å². The number of aliphatic hydroxyl groups is 1. The van der Waals surface area contributed by atoms with Gasteiger partial charge in [0.1, 0.15) is 0 Å². The Morgan fingerprint density at radius 2 is 1.95 bits per heavy atom. The average Bonchev–Trinajstić information content (AvgIpc) is 3.21. The van der Waals surface area contributed by atoms with Crippen LogP contribution in [0.15, 0.2) is 36.4 Å². The highest BCUT2D eigenvalue weighted by atomic mass is 16.3. The van der Waals surface area contributed by atoms with Crippen LogP contribution in [0.2, 0.25) is 0 Å². The number of para-hydroxylation sites is 1. The Kier molecular flexibility index (Phi) is 2.41. The van der Waals surface area contributed by atoms with Crippen molar-refractivity contribution in [3.05, 3.63) is 42.1 Å². The largest absolute Gasteiger partial charge is 0.387 e. The predicted octanol–water partition coefficient (Wildman–Crippen LogP) is 2.19. The zero-order chi connectivity index (χ0) is 12.9. The molecule has 2 aromatic rings. The maximum absolute atomic E-state index is 10.3. The molecule has 0 amide bonds. The summed E-state index contributed by atoms with van der Waals surface area (Å²) in [6, 6.07) is 12.4. The number of aromatic nitrogens is 1. The van der Waals surface area contributed by atoms with Gasteiger partial charge in [0.2, 0.25) is 0 Å². The van der Waals surface area contributed by atoms with E-state index in [0.29, 0.717) is 5.92 Å². The summed E-state index contributed by atoms with van der Waals surface area (Å²) in [5.41, 5.74) is 1.76. The van der Waals surface area contributed by atoms with Crippen molar-refractivity contribution in [1.82, 2.24) is 9.88 Å². The Bertz CT molecular complexity index is 615. The van der Waals surface area contributed by atoms with Gasteiger partial charge in [-0.2, -0.15) is 0 Å². The molecule has 1 aromatic carbocycles. The number of nitrogens with zero attached hydrogens (tertiary/aromatic N) is 2. The van der Waals surface area contributed by atoms with Crippen molar-refractivity contribution >= 4 is 10.9 Å². The number of hydrogen-bond donors (Lipinski definition) is 1. The molecule has 4 rings (SSSR count). The molecule has 0 unspecified atom stereocenters. The van der Waals surface area contributed by atoms with Crippen molar-refractivity contribution in [2.24, 2.45) is 5.92 Å². The van der Waals surface area contributed by atoms with Gasteiger partial charge in [0, 0.05) is 25.0 Å². The standard InChI is InChI=1S/C16H18N2O/c19-16(13-6-7-13)10-18(11-16)9-14-8-5-12-3-1-2-4-15(12)17-14/h1-5,8,13,19H,6-7,9-11H2. The fraction of sp³-hybridized carbons (Fsp3) is 0.438. The van der Waals surface area contributed by atoms with Gasteiger partial charge >= 0.3 is 0 Å². The van der Waals surface area contributed by atoms with E-state index in [1.807, 2.05) is 12.1 Å². The van der Waals surface area contributed by atoms with E-state index < -0.39 is 5.60 Å². The topological polar surface area (TPSA) is 36.4 Å². The molecule has 3 heteroatoms. The molecule has 1 saturated heterocycles. The molecule has 1 aromatic heterocycles. The third-order valence-electron chi connectivity index (χ3n) is 4.37. The van der Waals surface area contributed by atoms with E-state index in [1.54, 1.807) is 0 Å². The van der Waals surface area contributed by atoms with Crippen molar-refractivity contribution in [1.29, 1.82) is 0 Å². The van der Waals surface area contributed by atoms with Crippen LogP contribution in [0.3, 0.4) is 0 Å². The first kappa shape index (κ1) is 11.4. The number of β-amino-alcohol motifs (C(OH)–C–C–N with tert-alkyl or cyclic N) is 1. The van der Waals surface area contributed by atoms with E-state index in [-0.39, 0.29) is 0 Å². The molecule has 3 nitrogen and oxygen atoms in total. The van der Waals surface area contributed by atoms with Gasteiger partial charge in [-0.3, -0.25) is 9.88 Å². The van der Waals surface area contributed by atoms with Crippen LogP contribution in [0.4, 0.5) is 0 Å². The normalized spacial score (nSPS) is 22.4. The van der Waals surface area contributed by atoms with Gasteiger partial charge in [-0.1, -0.05) is 24.3 Å². The Morgan fingerprint density at radius 1 is 1.16 bits per heavy atom. The minimum Gasteiger partial charge on any atom is -0.387 e. The molecule has 1 N–H and O–H groups in total. The number of rotatable bonds is 3. The second-order valence-electron chi connectivity index (χ2n) is 6.02. The van der Waals surface area contributed by atoms with E-state index >= 15 is 0 Å². The lowest BCUT2D eigenvalue weighted by molar-refractivity contribution is -0.116. The van der Waals surface area contributed by atoms with Gasteiger partial charge in [-0.05, 0) is 30.9 Å². The monoisotopic (exact) mass is 254 g/mol. The Labute approximate surface area is 112 Å². The lowest BCUT2D eigenvalue weighted by atomic mass is 9.88. The van der Waals surface area contributed by atoms with Crippen LogP contribution in [0.25, 0.3) is 10.9 Å². The first-order chi connectivity index (χ1) is 9.23. The number of benzene rings is 1. The van der Waals surface area contributed by atoms with Crippen molar-refractivity contribution in [3.8, 4) is 0 Å². The fourth-order valence-electron chi connectivity index (χ4n) is 3.14. The SMILES string of the molecule is OC1(C2CC2)CN(Cc2ccc3ccccc3n2)C1. The Morgan fingerprint density at radius 3 is 2.74 bits per heavy atom. The quantitative estimate of drug-likeness (QED) is 0.912. The number of fused-ring (bicyclic) bond motifs is 1. The lowest BCUT2D eigenvalue weighted by Crippen LogP contribution is -2.62. The van der Waals surface area contributed by atoms with E-state index in [4.69, 9.17) is 0 Å². The summed E-state index contributed by atoms with van der Waals surface area (Å²) in [6.07, 6.45) is 2.41. The van der Waals surface area contributed by atoms with E-state index in [1.165, 1.54) is 18.2 Å². The van der Waals surface area contributed by atoms with Gasteiger partial charge in [-0.15, -0.1) is 0 Å². The summed E-state index contributed by atoms with van der Waals surface area (Å²) in [4.78, 5) is 6.97. The zero-order valence-corrected chi connectivity index (χ0v) is 10.9. The highest BCUT2D eigenvalue weighted by molar-refractivity contribution is 5.78. The van der Waals surface area contributed by atoms with Gasteiger partial charge < -0.3 is 5.11 Å². The predicted molar refractivity (Wildman–Crippen MR) is 74.7 cm³/mol. The summed E-state index contributed by atoms with van der Waals surface area (Å²) in [7, 11) is 0. The van der Waals surface area contributed by atoms with Crippen LogP contribution in [0.5, 0.6) is 0 Å². The fourth-order valence-corrected chi connectivity index (χ4v) is 3.14. The molecule has 2 fully saturated rings. The van der Waals surface area contributed by atoms with E-state index in [2.05, 4.69) is 34.1 Å². The van der Waals surface area contributed by atoms with Crippen LogP contribution in [-0.2, 0) is 6.54 Å². The van der Waals surface area contributed by atoms with Crippen LogP contribution in [0.1, 0.15) is 18.5 Å². The first-order valence-corrected chi connectivity index (χ1v) is 7.02. The highest BCUT2D eigenvalue weighted by Crippen LogP contribution is 2.44. The summed E-state index contributed by atoms with van der Waals surface area (Å²) >= 11 is 0. The van der Waals surface area contributed by atoms with E-state index in [0.717, 1.165) is 30.8 Å². The van der Waals surface area contributed by atoms with Crippen LogP contribution >= 0.6 is 0 Å². The Hall–Kier alpha value is -1.45. The molecule has 0 bridgehead atoms. The molecule has 0 spiro atoms. The molecule has 2 aliphatic rings. The van der Waals surface area contributed by atoms with Crippen LogP contribution < -0.4 is 0 Å². The summed E-state index contributed by atoms with van der Waals surface area (Å²) in [5, 5.41) is 11.5. The lowest BCUT2D eigenvalue weighted by Gasteiger charge is -2.47. The first-order valence-electron chi connectivity index (χ1n) is 7.02. The number of pyridine rings is 1. The smallest absolute Gasteiger partial charge is 0.0928 e. The molecule has 1 saturated carbocycles. The van der Waals surface area contributed by atoms with Crippen LogP contribution in [0, 0.1) is 5.92 Å². The van der Waals surface area contributed by atoms with Crippen LogP contribution in [-0.4, -0.2) is 33.7 Å². The third kappa shape index (κ3) is 2.03. The summed E-state index contributed by atoms with van der Waals surface area (Å²) in [5.74, 6) is 0.563. The summed E-state index contributed by atoms with van der Waals surface area (Å²) in [6.45, 7) is 2.47. The van der Waals surface area contributed by atoms with Gasteiger partial charge in [0.25, 0.3) is 0 Å². The molecule has 2 heterocycles. The minimum atomic E-state index is -0.392. The third-order valence-corrected chi connectivity index (χ3v) is 4.37. The second kappa shape index (κ2) is 4.02. The van der Waals surface area contributed by atoms with Gasteiger partial charge in [0.15, 0.2) is 0 Å². The van der Waals surface area contributed by atoms with Crippen molar-refractivity contribution in [2.75, 3.05) is 13.1 Å². The minimum absolute atomic E-state index is 0.392. The molecule has 19 heavy (non-hydrogen) atoms. The number of hydrogen-bond acceptors (Lipinski definition) is 3. The van der Waals surface area contributed by atoms with Crippen molar-refractivity contribution < 1.29 is 5.11 Å². The molecule has 98 valence electrons. The molecule has 0 atom stereocenters.